The molecule has 4 nitrogen and oxygen atoms in total. The molecule has 0 fully saturated rings. The molecule has 0 aliphatic carbocycles. The van der Waals surface area contributed by atoms with Crippen molar-refractivity contribution in [2.45, 2.75) is 26.4 Å². The Labute approximate surface area is 143 Å². The van der Waals surface area contributed by atoms with Crippen LogP contribution in [0.3, 0.4) is 0 Å². The fourth-order valence-corrected chi connectivity index (χ4v) is 3.10. The van der Waals surface area contributed by atoms with Gasteiger partial charge in [-0.15, -0.1) is 11.3 Å². The zero-order valence-electron chi connectivity index (χ0n) is 13.2. The molecule has 1 amide bonds. The summed E-state index contributed by atoms with van der Waals surface area (Å²) >= 11 is 1.48. The number of carbonyl (C=O) groups is 1. The Bertz CT molecular complexity index is 846. The molecule has 0 atom stereocenters. The van der Waals surface area contributed by atoms with Crippen LogP contribution in [0.1, 0.15) is 24.8 Å². The van der Waals surface area contributed by atoms with Crippen molar-refractivity contribution in [3.8, 4) is 5.75 Å². The van der Waals surface area contributed by atoms with Crippen LogP contribution in [0.25, 0.3) is 10.2 Å². The van der Waals surface area contributed by atoms with E-state index < -0.39 is 0 Å². The summed E-state index contributed by atoms with van der Waals surface area (Å²) in [6, 6.07) is 11.8. The Hall–Kier alpha value is -2.47. The third-order valence-electron chi connectivity index (χ3n) is 3.37. The van der Waals surface area contributed by atoms with Crippen LogP contribution in [0.15, 0.2) is 42.5 Å². The molecule has 1 heterocycles. The Balaban J connectivity index is 1.60. The number of halogens is 1. The van der Waals surface area contributed by atoms with E-state index in [-0.39, 0.29) is 11.7 Å². The molecule has 0 spiro atoms. The molecule has 3 rings (SSSR count). The first-order chi connectivity index (χ1) is 11.6. The Morgan fingerprint density at radius 1 is 1.25 bits per heavy atom. The van der Waals surface area contributed by atoms with Gasteiger partial charge in [0.05, 0.1) is 10.2 Å². The molecule has 0 unspecified atom stereocenters. The van der Waals surface area contributed by atoms with Gasteiger partial charge in [0, 0.05) is 18.2 Å². The van der Waals surface area contributed by atoms with Crippen molar-refractivity contribution in [2.24, 2.45) is 0 Å². The van der Waals surface area contributed by atoms with Gasteiger partial charge in [-0.3, -0.25) is 4.79 Å². The number of carbonyl (C=O) groups excluding carboxylic acids is 1. The maximum atomic E-state index is 13.2. The lowest BCUT2D eigenvalue weighted by atomic mass is 10.2. The molecule has 2 aromatic carbocycles. The van der Waals surface area contributed by atoms with Gasteiger partial charge in [0.15, 0.2) is 0 Å². The average molecular weight is 344 g/mol. The van der Waals surface area contributed by atoms with E-state index in [0.717, 1.165) is 21.8 Å². The van der Waals surface area contributed by atoms with Crippen molar-refractivity contribution >= 4 is 33.1 Å². The highest BCUT2D eigenvalue weighted by molar-refractivity contribution is 7.18. The van der Waals surface area contributed by atoms with E-state index in [1.165, 1.54) is 23.5 Å². The fraction of sp³-hybridized carbons (Fsp3) is 0.222. The second kappa shape index (κ2) is 7.40. The number of aromatic nitrogens is 1. The van der Waals surface area contributed by atoms with Crippen molar-refractivity contribution in [3.63, 3.8) is 0 Å². The van der Waals surface area contributed by atoms with Crippen LogP contribution in [-0.4, -0.2) is 10.9 Å². The average Bonchev–Trinajstić information content (AvgIpc) is 2.96. The Morgan fingerprint density at radius 2 is 2.04 bits per heavy atom. The lowest BCUT2D eigenvalue weighted by Crippen LogP contribution is -2.10. The van der Waals surface area contributed by atoms with E-state index in [1.807, 2.05) is 6.92 Å². The number of anilines is 1. The van der Waals surface area contributed by atoms with E-state index in [2.05, 4.69) is 10.3 Å². The molecule has 3 aromatic rings. The largest absolute Gasteiger partial charge is 0.486 e. The number of thiazole rings is 1. The molecule has 0 saturated heterocycles. The summed E-state index contributed by atoms with van der Waals surface area (Å²) in [4.78, 5) is 15.9. The van der Waals surface area contributed by atoms with Gasteiger partial charge in [-0.05, 0) is 42.8 Å². The number of nitrogens with one attached hydrogen (secondary N) is 1. The molecule has 0 saturated carbocycles. The van der Waals surface area contributed by atoms with Gasteiger partial charge >= 0.3 is 0 Å². The predicted octanol–water partition coefficient (Wildman–Crippen LogP) is 4.75. The minimum Gasteiger partial charge on any atom is -0.486 e. The second-order valence-corrected chi connectivity index (χ2v) is 6.45. The van der Waals surface area contributed by atoms with Gasteiger partial charge in [-0.2, -0.15) is 0 Å². The highest BCUT2D eigenvalue weighted by atomic mass is 32.1. The molecule has 1 aromatic heterocycles. The molecule has 6 heteroatoms. The first-order valence-electron chi connectivity index (χ1n) is 7.71. The first kappa shape index (κ1) is 16.4. The summed E-state index contributed by atoms with van der Waals surface area (Å²) in [6.07, 6.45) is 1.33. The minimum atomic E-state index is -0.291. The maximum Gasteiger partial charge on any atom is 0.224 e. The SMILES string of the molecule is CCCC(=O)Nc1ccc(OCc2nc3cc(F)ccc3s2)cc1. The Morgan fingerprint density at radius 3 is 2.79 bits per heavy atom. The summed E-state index contributed by atoms with van der Waals surface area (Å²) in [5.74, 6) is 0.405. The van der Waals surface area contributed by atoms with Crippen LogP contribution >= 0.6 is 11.3 Å². The highest BCUT2D eigenvalue weighted by Gasteiger charge is 2.06. The van der Waals surface area contributed by atoms with Gasteiger partial charge in [-0.25, -0.2) is 9.37 Å². The third-order valence-corrected chi connectivity index (χ3v) is 4.38. The van der Waals surface area contributed by atoms with E-state index >= 15 is 0 Å². The first-order valence-corrected chi connectivity index (χ1v) is 8.53. The zero-order valence-corrected chi connectivity index (χ0v) is 14.0. The van der Waals surface area contributed by atoms with Crippen LogP contribution < -0.4 is 10.1 Å². The molecule has 1 N–H and O–H groups in total. The summed E-state index contributed by atoms with van der Waals surface area (Å²) in [7, 11) is 0. The van der Waals surface area contributed by atoms with Crippen molar-refractivity contribution in [1.82, 2.24) is 4.98 Å². The van der Waals surface area contributed by atoms with E-state index in [1.54, 1.807) is 30.3 Å². The van der Waals surface area contributed by atoms with Gasteiger partial charge in [0.1, 0.15) is 23.2 Å². The van der Waals surface area contributed by atoms with Crippen molar-refractivity contribution < 1.29 is 13.9 Å². The third kappa shape index (κ3) is 4.08. The molecule has 124 valence electrons. The standard InChI is InChI=1S/C18H17FN2O2S/c1-2-3-17(22)20-13-5-7-14(8-6-13)23-11-18-21-15-10-12(19)4-9-16(15)24-18/h4-10H,2-3,11H2,1H3,(H,20,22). The van der Waals surface area contributed by atoms with Crippen molar-refractivity contribution in [2.75, 3.05) is 5.32 Å². The highest BCUT2D eigenvalue weighted by Crippen LogP contribution is 2.24. The topological polar surface area (TPSA) is 51.2 Å². The normalized spacial score (nSPS) is 10.8. The van der Waals surface area contributed by atoms with E-state index in [0.29, 0.717) is 24.3 Å². The van der Waals surface area contributed by atoms with Crippen LogP contribution in [0, 0.1) is 5.82 Å². The zero-order chi connectivity index (χ0) is 16.9. The predicted molar refractivity (Wildman–Crippen MR) is 93.9 cm³/mol. The van der Waals surface area contributed by atoms with Gasteiger partial charge in [-0.1, -0.05) is 6.92 Å². The van der Waals surface area contributed by atoms with Crippen molar-refractivity contribution in [3.05, 3.63) is 53.3 Å². The number of hydrogen-bond acceptors (Lipinski definition) is 4. The summed E-state index contributed by atoms with van der Waals surface area (Å²) < 4.78 is 19.8. The minimum absolute atomic E-state index is 0.00729. The molecule has 24 heavy (non-hydrogen) atoms. The molecular weight excluding hydrogens is 327 g/mol. The monoisotopic (exact) mass is 344 g/mol. The molecule has 0 bridgehead atoms. The smallest absolute Gasteiger partial charge is 0.224 e. The van der Waals surface area contributed by atoms with Gasteiger partial charge < -0.3 is 10.1 Å². The number of rotatable bonds is 6. The molecule has 0 aliphatic rings. The number of ether oxygens (including phenoxy) is 1. The number of hydrogen-bond donors (Lipinski definition) is 1. The summed E-state index contributed by atoms with van der Waals surface area (Å²) in [6.45, 7) is 2.29. The maximum absolute atomic E-state index is 13.2. The summed E-state index contributed by atoms with van der Waals surface area (Å²) in [5, 5.41) is 3.61. The number of fused-ring (bicyclic) bond motifs is 1. The fourth-order valence-electron chi connectivity index (χ4n) is 2.24. The number of amides is 1. The van der Waals surface area contributed by atoms with Gasteiger partial charge in [0.25, 0.3) is 0 Å². The van der Waals surface area contributed by atoms with Crippen LogP contribution in [0.5, 0.6) is 5.75 Å². The van der Waals surface area contributed by atoms with Crippen LogP contribution in [0.4, 0.5) is 10.1 Å². The van der Waals surface area contributed by atoms with Crippen molar-refractivity contribution in [1.29, 1.82) is 0 Å². The number of nitrogens with zero attached hydrogens (tertiary/aromatic N) is 1. The second-order valence-electron chi connectivity index (χ2n) is 5.33. The molecule has 0 aliphatic heterocycles. The van der Waals surface area contributed by atoms with E-state index in [9.17, 15) is 9.18 Å². The van der Waals surface area contributed by atoms with Crippen LogP contribution in [0.2, 0.25) is 0 Å². The van der Waals surface area contributed by atoms with Crippen LogP contribution in [-0.2, 0) is 11.4 Å². The van der Waals surface area contributed by atoms with E-state index in [4.69, 9.17) is 4.74 Å². The summed E-state index contributed by atoms with van der Waals surface area (Å²) in [5.41, 5.74) is 1.39. The lowest BCUT2D eigenvalue weighted by Gasteiger charge is -2.07. The molecular formula is C18H17FN2O2S. The molecule has 0 radical (unpaired) electrons. The van der Waals surface area contributed by atoms with Gasteiger partial charge in [0.2, 0.25) is 5.91 Å². The lowest BCUT2D eigenvalue weighted by molar-refractivity contribution is -0.116. The quantitative estimate of drug-likeness (QED) is 0.702. The Kier molecular flexibility index (Phi) is 5.05. The number of benzene rings is 2.